The fourth-order valence-corrected chi connectivity index (χ4v) is 2.33. The smallest absolute Gasteiger partial charge is 0.163 e. The van der Waals surface area contributed by atoms with E-state index in [1.165, 1.54) is 0 Å². The van der Waals surface area contributed by atoms with E-state index in [0.717, 1.165) is 10.6 Å². The Morgan fingerprint density at radius 2 is 2.27 bits per heavy atom. The van der Waals surface area contributed by atoms with E-state index in [-0.39, 0.29) is 5.56 Å². The van der Waals surface area contributed by atoms with Crippen LogP contribution < -0.4 is 5.32 Å². The molecule has 4 heteroatoms. The zero-order valence-electron chi connectivity index (χ0n) is 8.64. The van der Waals surface area contributed by atoms with Gasteiger partial charge in [0.15, 0.2) is 5.56 Å². The molecule has 1 atom stereocenters. The van der Waals surface area contributed by atoms with Crippen molar-refractivity contribution in [3.63, 3.8) is 0 Å². The van der Waals surface area contributed by atoms with Gasteiger partial charge in [0.05, 0.1) is 6.67 Å². The van der Waals surface area contributed by atoms with Crippen molar-refractivity contribution >= 4 is 16.8 Å². The van der Waals surface area contributed by atoms with E-state index >= 15 is 0 Å². The van der Waals surface area contributed by atoms with Crippen molar-refractivity contribution in [1.82, 2.24) is 5.32 Å². The Balaban J connectivity index is 2.07. The maximum Gasteiger partial charge on any atom is 0.163 e. The highest BCUT2D eigenvalue weighted by atomic mass is 32.2. The second-order valence-corrected chi connectivity index (χ2v) is 4.15. The Hall–Kier alpha value is -0.840. The molecule has 0 amide bonds. The van der Waals surface area contributed by atoms with Gasteiger partial charge in [0.2, 0.25) is 0 Å². The van der Waals surface area contributed by atoms with Crippen molar-refractivity contribution < 1.29 is 4.74 Å². The monoisotopic (exact) mass is 222 g/mol. The molecule has 1 aliphatic rings. The van der Waals surface area contributed by atoms with Crippen molar-refractivity contribution in [2.45, 2.75) is 12.5 Å². The van der Waals surface area contributed by atoms with Crippen LogP contribution in [-0.4, -0.2) is 23.9 Å². The second kappa shape index (κ2) is 5.30. The van der Waals surface area contributed by atoms with E-state index < -0.39 is 0 Å². The molecule has 15 heavy (non-hydrogen) atoms. The van der Waals surface area contributed by atoms with Crippen LogP contribution in [0.2, 0.25) is 0 Å². The Labute approximate surface area is 93.9 Å². The van der Waals surface area contributed by atoms with Gasteiger partial charge in [0, 0.05) is 12.2 Å². The van der Waals surface area contributed by atoms with Crippen molar-refractivity contribution in [1.29, 1.82) is 0 Å². The lowest BCUT2D eigenvalue weighted by Crippen LogP contribution is -2.34. The van der Waals surface area contributed by atoms with Crippen LogP contribution in [0.3, 0.4) is 0 Å². The van der Waals surface area contributed by atoms with Gasteiger partial charge in [-0.25, -0.2) is 0 Å². The van der Waals surface area contributed by atoms with Crippen LogP contribution in [0.15, 0.2) is 35.3 Å². The van der Waals surface area contributed by atoms with Crippen LogP contribution in [-0.2, 0) is 4.74 Å². The minimum absolute atomic E-state index is 0.0303. The van der Waals surface area contributed by atoms with Crippen molar-refractivity contribution in [3.8, 4) is 0 Å². The van der Waals surface area contributed by atoms with Crippen LogP contribution in [0.5, 0.6) is 0 Å². The van der Waals surface area contributed by atoms with Crippen molar-refractivity contribution in [2.75, 3.05) is 13.3 Å². The van der Waals surface area contributed by atoms with Gasteiger partial charge in [-0.2, -0.15) is 0 Å². The molecule has 0 saturated heterocycles. The molecule has 1 unspecified atom stereocenters. The van der Waals surface area contributed by atoms with Crippen molar-refractivity contribution in [2.24, 2.45) is 4.99 Å². The molecular formula is C11H14N2OS. The first-order valence-electron chi connectivity index (χ1n) is 5.01. The maximum atomic E-state index is 5.51. The normalized spacial score (nSPS) is 21.1. The summed E-state index contributed by atoms with van der Waals surface area (Å²) >= 11 is 1.63. The highest BCUT2D eigenvalue weighted by molar-refractivity contribution is 8.14. The Kier molecular flexibility index (Phi) is 3.77. The van der Waals surface area contributed by atoms with E-state index in [4.69, 9.17) is 4.74 Å². The number of hydrogen-bond donors (Lipinski definition) is 1. The van der Waals surface area contributed by atoms with E-state index in [0.29, 0.717) is 13.3 Å². The molecule has 1 heterocycles. The van der Waals surface area contributed by atoms with Crippen LogP contribution in [0.25, 0.3) is 0 Å². The average molecular weight is 222 g/mol. The predicted octanol–water partition coefficient (Wildman–Crippen LogP) is 2.05. The third kappa shape index (κ3) is 2.81. The molecule has 1 aromatic rings. The number of nitrogens with one attached hydrogen (secondary N) is 1. The van der Waals surface area contributed by atoms with Gasteiger partial charge in [0.25, 0.3) is 0 Å². The summed E-state index contributed by atoms with van der Waals surface area (Å²) in [4.78, 5) is 4.42. The van der Waals surface area contributed by atoms with Crippen LogP contribution in [0.4, 0.5) is 0 Å². The zero-order valence-corrected chi connectivity index (χ0v) is 9.46. The summed E-state index contributed by atoms with van der Waals surface area (Å²) < 4.78 is 5.51. The number of hydrogen-bond acceptors (Lipinski definition) is 4. The van der Waals surface area contributed by atoms with Gasteiger partial charge in [0.1, 0.15) is 5.04 Å². The molecule has 1 aliphatic heterocycles. The zero-order chi connectivity index (χ0) is 10.5. The average Bonchev–Trinajstić information content (AvgIpc) is 2.31. The molecule has 80 valence electrons. The van der Waals surface area contributed by atoms with Gasteiger partial charge in [-0.3, -0.25) is 10.3 Å². The summed E-state index contributed by atoms with van der Waals surface area (Å²) in [6.07, 6.45) is 0. The molecule has 1 N–H and O–H groups in total. The molecule has 0 aliphatic carbocycles. The summed E-state index contributed by atoms with van der Waals surface area (Å²) in [6.45, 7) is 3.34. The largest absolute Gasteiger partial charge is 0.354 e. The second-order valence-electron chi connectivity index (χ2n) is 3.10. The molecule has 0 bridgehead atoms. The molecule has 1 aromatic carbocycles. The van der Waals surface area contributed by atoms with Crippen LogP contribution in [0, 0.1) is 0 Å². The molecule has 3 nitrogen and oxygen atoms in total. The summed E-state index contributed by atoms with van der Waals surface area (Å²) in [6, 6.07) is 10.2. The lowest BCUT2D eigenvalue weighted by molar-refractivity contribution is 0.103. The molecule has 0 fully saturated rings. The topological polar surface area (TPSA) is 33.6 Å². The van der Waals surface area contributed by atoms with Crippen molar-refractivity contribution in [3.05, 3.63) is 35.9 Å². The molecule has 0 saturated carbocycles. The highest BCUT2D eigenvalue weighted by Crippen LogP contribution is 2.21. The molecular weight excluding hydrogens is 208 g/mol. The first kappa shape index (κ1) is 10.7. The lowest BCUT2D eigenvalue weighted by atomic mass is 10.2. The maximum absolute atomic E-state index is 5.51. The third-order valence-corrected chi connectivity index (χ3v) is 3.14. The van der Waals surface area contributed by atoms with Gasteiger partial charge in [-0.15, -0.1) is 0 Å². The Morgan fingerprint density at radius 3 is 3.00 bits per heavy atom. The SMILES string of the molecule is CCOC1NCN=C(c2ccccc2)S1. The first-order chi connectivity index (χ1) is 7.40. The minimum atomic E-state index is 0.0303. The summed E-state index contributed by atoms with van der Waals surface area (Å²) in [5.41, 5.74) is 1.19. The van der Waals surface area contributed by atoms with Crippen LogP contribution >= 0.6 is 11.8 Å². The Morgan fingerprint density at radius 1 is 1.47 bits per heavy atom. The number of nitrogens with zero attached hydrogens (tertiary/aromatic N) is 1. The highest BCUT2D eigenvalue weighted by Gasteiger charge is 2.17. The fourth-order valence-electron chi connectivity index (χ4n) is 1.36. The molecule has 0 radical (unpaired) electrons. The van der Waals surface area contributed by atoms with E-state index in [1.807, 2.05) is 25.1 Å². The summed E-state index contributed by atoms with van der Waals surface area (Å²) in [5, 5.41) is 4.22. The van der Waals surface area contributed by atoms with E-state index in [9.17, 15) is 0 Å². The van der Waals surface area contributed by atoms with Crippen LogP contribution in [0.1, 0.15) is 12.5 Å². The molecule has 0 spiro atoms. The summed E-state index contributed by atoms with van der Waals surface area (Å²) in [7, 11) is 0. The van der Waals surface area contributed by atoms with Gasteiger partial charge in [-0.1, -0.05) is 42.1 Å². The predicted molar refractivity (Wildman–Crippen MR) is 64.0 cm³/mol. The third-order valence-electron chi connectivity index (χ3n) is 2.04. The fraction of sp³-hybridized carbons (Fsp3) is 0.364. The number of ether oxygens (including phenoxy) is 1. The quantitative estimate of drug-likeness (QED) is 0.849. The van der Waals surface area contributed by atoms with E-state index in [1.54, 1.807) is 11.8 Å². The minimum Gasteiger partial charge on any atom is -0.354 e. The molecule has 2 rings (SSSR count). The van der Waals surface area contributed by atoms with Gasteiger partial charge < -0.3 is 4.74 Å². The van der Waals surface area contributed by atoms with E-state index in [2.05, 4.69) is 22.4 Å². The molecule has 0 aromatic heterocycles. The number of thioether (sulfide) groups is 1. The number of rotatable bonds is 3. The first-order valence-corrected chi connectivity index (χ1v) is 5.89. The Bertz CT molecular complexity index is 340. The number of aliphatic imine (C=N–C) groups is 1. The number of benzene rings is 1. The van der Waals surface area contributed by atoms with Gasteiger partial charge >= 0.3 is 0 Å². The standard InChI is InChI=1S/C11H14N2OS/c1-2-14-11-13-8-12-10(15-11)9-6-4-3-5-7-9/h3-7,11,13H,2,8H2,1H3. The lowest BCUT2D eigenvalue weighted by Gasteiger charge is -2.22. The van der Waals surface area contributed by atoms with Gasteiger partial charge in [-0.05, 0) is 6.92 Å². The summed E-state index contributed by atoms with van der Waals surface area (Å²) in [5.74, 6) is 0.